The van der Waals surface area contributed by atoms with Gasteiger partial charge in [-0.3, -0.25) is 4.79 Å². The largest absolute Gasteiger partial charge is 0.344 e. The lowest BCUT2D eigenvalue weighted by Crippen LogP contribution is -2.38. The van der Waals surface area contributed by atoms with Crippen LogP contribution >= 0.6 is 0 Å². The molecule has 0 fully saturated rings. The summed E-state index contributed by atoms with van der Waals surface area (Å²) in [5, 5.41) is 11.2. The van der Waals surface area contributed by atoms with Crippen LogP contribution in [0.5, 0.6) is 0 Å². The van der Waals surface area contributed by atoms with Crippen LogP contribution in [-0.2, 0) is 15.6 Å². The third kappa shape index (κ3) is 5.85. The molecule has 2 aliphatic heterocycles. The van der Waals surface area contributed by atoms with Gasteiger partial charge in [0.25, 0.3) is 5.91 Å². The zero-order valence-electron chi connectivity index (χ0n) is 28.6. The number of carbonyl (C=O) groups excluding carboxylic acids is 1. The van der Waals surface area contributed by atoms with Crippen molar-refractivity contribution in [1.82, 2.24) is 10.6 Å². The van der Waals surface area contributed by atoms with Crippen LogP contribution in [0.3, 0.4) is 0 Å². The second kappa shape index (κ2) is 13.2. The monoisotopic (exact) mass is 623 g/mol. The van der Waals surface area contributed by atoms with Gasteiger partial charge in [0.1, 0.15) is 0 Å². The number of allylic oxidation sites excluding steroid dienone is 8. The number of nitrogens with zero attached hydrogens (tertiary/aromatic N) is 2. The van der Waals surface area contributed by atoms with Gasteiger partial charge in [-0.15, -0.1) is 0 Å². The van der Waals surface area contributed by atoms with Crippen LogP contribution < -0.4 is 15.5 Å². The summed E-state index contributed by atoms with van der Waals surface area (Å²) in [4.78, 5) is 15.5. The van der Waals surface area contributed by atoms with E-state index in [0.29, 0.717) is 6.67 Å². The van der Waals surface area contributed by atoms with Gasteiger partial charge < -0.3 is 15.5 Å². The Morgan fingerprint density at radius 1 is 0.766 bits per heavy atom. The molecule has 0 unspecified atom stereocenters. The van der Waals surface area contributed by atoms with Crippen LogP contribution in [-0.4, -0.2) is 42.5 Å². The molecule has 4 aromatic carbocycles. The van der Waals surface area contributed by atoms with E-state index >= 15 is 0 Å². The molecule has 0 atom stereocenters. The zero-order valence-corrected chi connectivity index (χ0v) is 28.6. The first kappa shape index (κ1) is 32.2. The van der Waals surface area contributed by atoms with E-state index in [2.05, 4.69) is 170 Å². The molecule has 0 bridgehead atoms. The fraction of sp³-hybridized carbons (Fsp3) is 0.286. The van der Waals surface area contributed by atoms with Gasteiger partial charge in [-0.05, 0) is 72.6 Å². The summed E-state index contributed by atoms with van der Waals surface area (Å²) in [6, 6.07) is 26.1. The van der Waals surface area contributed by atoms with Crippen molar-refractivity contribution in [1.29, 1.82) is 0 Å². The highest BCUT2D eigenvalue weighted by Crippen LogP contribution is 2.50. The van der Waals surface area contributed by atoms with E-state index in [-0.39, 0.29) is 23.3 Å². The number of carbonyl (C=O) groups is 1. The highest BCUT2D eigenvalue weighted by Gasteiger charge is 2.46. The summed E-state index contributed by atoms with van der Waals surface area (Å²) in [6.07, 6.45) is 14.9. The fourth-order valence-corrected chi connectivity index (χ4v) is 7.55. The van der Waals surface area contributed by atoms with Crippen molar-refractivity contribution in [2.75, 3.05) is 31.2 Å². The van der Waals surface area contributed by atoms with E-state index in [0.717, 1.165) is 24.5 Å². The summed E-state index contributed by atoms with van der Waals surface area (Å²) in [7, 11) is 0. The van der Waals surface area contributed by atoms with Crippen molar-refractivity contribution < 1.29 is 9.37 Å². The molecule has 240 valence electrons. The van der Waals surface area contributed by atoms with Crippen molar-refractivity contribution in [3.63, 3.8) is 0 Å². The van der Waals surface area contributed by atoms with Crippen LogP contribution in [0, 0.1) is 0 Å². The number of likely N-dealkylation sites (N-methyl/N-ethyl adjacent to an activating group) is 1. The number of benzene rings is 4. The van der Waals surface area contributed by atoms with Gasteiger partial charge >= 0.3 is 0 Å². The Balaban J connectivity index is 1.26. The molecule has 4 aromatic rings. The van der Waals surface area contributed by atoms with Crippen LogP contribution in [0.1, 0.15) is 52.7 Å². The van der Waals surface area contributed by atoms with Crippen molar-refractivity contribution in [3.8, 4) is 0 Å². The molecule has 0 aromatic heterocycles. The molecule has 5 nitrogen and oxygen atoms in total. The second-order valence-corrected chi connectivity index (χ2v) is 13.4. The Morgan fingerprint density at radius 3 is 2.11 bits per heavy atom. The Hall–Kier alpha value is -4.74. The minimum absolute atomic E-state index is 0.00807. The average molecular weight is 624 g/mol. The van der Waals surface area contributed by atoms with Crippen molar-refractivity contribution in [3.05, 3.63) is 132 Å². The van der Waals surface area contributed by atoms with E-state index in [1.54, 1.807) is 0 Å². The average Bonchev–Trinajstić information content (AvgIpc) is 3.42. The minimum Gasteiger partial charge on any atom is -0.344 e. The molecular formula is C42H47N4O+. The van der Waals surface area contributed by atoms with E-state index in [1.807, 2.05) is 6.92 Å². The van der Waals surface area contributed by atoms with Crippen LogP contribution in [0.4, 0.5) is 11.4 Å². The van der Waals surface area contributed by atoms with Gasteiger partial charge in [-0.1, -0.05) is 106 Å². The highest BCUT2D eigenvalue weighted by atomic mass is 16.2. The molecule has 0 aliphatic carbocycles. The van der Waals surface area contributed by atoms with E-state index in [4.69, 9.17) is 0 Å². The van der Waals surface area contributed by atoms with Crippen LogP contribution in [0.15, 0.2) is 121 Å². The highest BCUT2D eigenvalue weighted by molar-refractivity contribution is 6.08. The van der Waals surface area contributed by atoms with Gasteiger partial charge in [-0.25, -0.2) is 0 Å². The summed E-state index contributed by atoms with van der Waals surface area (Å²) < 4.78 is 2.18. The second-order valence-electron chi connectivity index (χ2n) is 13.4. The molecule has 0 saturated heterocycles. The smallest absolute Gasteiger partial charge is 0.287 e. The third-order valence-electron chi connectivity index (χ3n) is 9.74. The molecule has 1 amide bonds. The van der Waals surface area contributed by atoms with Crippen LogP contribution in [0.25, 0.3) is 21.5 Å². The lowest BCUT2D eigenvalue weighted by atomic mass is 9.79. The standard InChI is InChI=1S/C42H46N4O/c1-7-43-29-44-38(47)28-46-35-27-25-31-19-15-17-21-33(31)40(35)42(5,6)37(46)23-13-11-9-10-12-22-36-41(3,4)39-32-20-16-14-18-30(32)24-26-34(39)45(36)8-2/h9-27,43H,7-8,28-29H2,1-6H3/p+1. The molecule has 2 N–H and O–H groups in total. The van der Waals surface area contributed by atoms with E-state index < -0.39 is 0 Å². The van der Waals surface area contributed by atoms with Gasteiger partial charge in [0.15, 0.2) is 5.71 Å². The topological polar surface area (TPSA) is 47.4 Å². The molecule has 5 heteroatoms. The van der Waals surface area contributed by atoms with Crippen molar-refractivity contribution in [2.45, 2.75) is 52.4 Å². The lowest BCUT2D eigenvalue weighted by molar-refractivity contribution is -0.425. The summed E-state index contributed by atoms with van der Waals surface area (Å²) in [5.41, 5.74) is 7.10. The first-order valence-electron chi connectivity index (χ1n) is 16.9. The normalized spacial score (nSPS) is 17.7. The SMILES string of the molecule is CCNCNC(=O)C[N+]1=C(C=CC=CC=CC=C2N(CC)c3ccc4ccccc4c3C2(C)C)C(C)(C)c2c1ccc1ccccc21. The van der Waals surface area contributed by atoms with Gasteiger partial charge in [-0.2, -0.15) is 4.58 Å². The molecular weight excluding hydrogens is 576 g/mol. The first-order valence-corrected chi connectivity index (χ1v) is 16.9. The third-order valence-corrected chi connectivity index (χ3v) is 9.74. The zero-order chi connectivity index (χ0) is 33.2. The number of hydrogen-bond donors (Lipinski definition) is 2. The number of hydrogen-bond acceptors (Lipinski definition) is 3. The predicted octanol–water partition coefficient (Wildman–Crippen LogP) is 8.42. The van der Waals surface area contributed by atoms with Crippen molar-refractivity contribution >= 4 is 44.5 Å². The summed E-state index contributed by atoms with van der Waals surface area (Å²) in [6.45, 7) is 15.9. The first-order chi connectivity index (χ1) is 22.7. The molecule has 2 heterocycles. The van der Waals surface area contributed by atoms with E-state index in [1.165, 1.54) is 44.1 Å². The minimum atomic E-state index is -0.278. The summed E-state index contributed by atoms with van der Waals surface area (Å²) in [5.74, 6) is -0.00807. The van der Waals surface area contributed by atoms with Crippen molar-refractivity contribution in [2.24, 2.45) is 0 Å². The van der Waals surface area contributed by atoms with E-state index in [9.17, 15) is 4.79 Å². The molecule has 0 radical (unpaired) electrons. The van der Waals surface area contributed by atoms with Crippen LogP contribution in [0.2, 0.25) is 0 Å². The molecule has 2 aliphatic rings. The Bertz CT molecular complexity index is 1990. The Kier molecular flexibility index (Phi) is 9.03. The van der Waals surface area contributed by atoms with Gasteiger partial charge in [0, 0.05) is 41.1 Å². The number of nitrogens with one attached hydrogen (secondary N) is 2. The number of rotatable bonds is 10. The predicted molar refractivity (Wildman–Crippen MR) is 199 cm³/mol. The number of fused-ring (bicyclic) bond motifs is 6. The van der Waals surface area contributed by atoms with Gasteiger partial charge in [0.2, 0.25) is 12.2 Å². The number of amides is 1. The molecule has 47 heavy (non-hydrogen) atoms. The lowest BCUT2D eigenvalue weighted by Gasteiger charge is -2.26. The molecule has 6 rings (SSSR count). The maximum atomic E-state index is 13.0. The quantitative estimate of drug-likeness (QED) is 0.0807. The fourth-order valence-electron chi connectivity index (χ4n) is 7.55. The molecule has 0 saturated carbocycles. The maximum Gasteiger partial charge on any atom is 0.287 e. The van der Waals surface area contributed by atoms with Gasteiger partial charge in [0.05, 0.1) is 12.1 Å². The number of anilines is 1. The summed E-state index contributed by atoms with van der Waals surface area (Å²) >= 11 is 0. The molecule has 0 spiro atoms. The Morgan fingerprint density at radius 2 is 1.40 bits per heavy atom. The maximum absolute atomic E-state index is 13.0. The Labute approximate surface area is 279 Å².